The molecule has 0 amide bonds. The Morgan fingerprint density at radius 3 is 2.58 bits per heavy atom. The van der Waals surface area contributed by atoms with Crippen LogP contribution in [0.4, 0.5) is 0 Å². The van der Waals surface area contributed by atoms with E-state index in [1.54, 1.807) is 12.3 Å². The summed E-state index contributed by atoms with van der Waals surface area (Å²) in [6.45, 7) is 4.70. The Morgan fingerprint density at radius 2 is 2.00 bits per heavy atom. The van der Waals surface area contributed by atoms with Crippen LogP contribution in [-0.2, 0) is 0 Å². The molecule has 2 rings (SSSR count). The summed E-state index contributed by atoms with van der Waals surface area (Å²) in [5, 5.41) is 4.65. The van der Waals surface area contributed by atoms with Crippen molar-refractivity contribution >= 4 is 23.2 Å². The number of rotatable bonds is 3. The fourth-order valence-corrected chi connectivity index (χ4v) is 3.64. The summed E-state index contributed by atoms with van der Waals surface area (Å²) in [7, 11) is 1.99. The molecule has 106 valence electrons. The van der Waals surface area contributed by atoms with E-state index in [1.807, 2.05) is 7.05 Å². The van der Waals surface area contributed by atoms with E-state index in [2.05, 4.69) is 24.1 Å². The summed E-state index contributed by atoms with van der Waals surface area (Å²) < 4.78 is 0. The lowest BCUT2D eigenvalue weighted by molar-refractivity contribution is 0.173. The molecule has 4 atom stereocenters. The predicted octanol–water partition coefficient (Wildman–Crippen LogP) is 4.72. The van der Waals surface area contributed by atoms with Crippen LogP contribution in [0.3, 0.4) is 0 Å². The average molecular weight is 301 g/mol. The van der Waals surface area contributed by atoms with Crippen molar-refractivity contribution in [3.8, 4) is 0 Å². The lowest BCUT2D eigenvalue weighted by atomic mass is 9.72. The summed E-state index contributed by atoms with van der Waals surface area (Å²) in [6, 6.07) is 2.00. The van der Waals surface area contributed by atoms with Gasteiger partial charge in [0.25, 0.3) is 0 Å². The van der Waals surface area contributed by atoms with Crippen molar-refractivity contribution in [1.29, 1.82) is 0 Å². The van der Waals surface area contributed by atoms with E-state index in [0.717, 1.165) is 17.5 Å². The third kappa shape index (κ3) is 3.42. The quantitative estimate of drug-likeness (QED) is 0.873. The van der Waals surface area contributed by atoms with E-state index in [0.29, 0.717) is 16.0 Å². The van der Waals surface area contributed by atoms with Gasteiger partial charge in [-0.15, -0.1) is 0 Å². The zero-order valence-corrected chi connectivity index (χ0v) is 13.3. The van der Waals surface area contributed by atoms with Crippen LogP contribution < -0.4 is 5.32 Å². The number of nitrogens with zero attached hydrogens (tertiary/aromatic N) is 1. The van der Waals surface area contributed by atoms with E-state index in [4.69, 9.17) is 23.2 Å². The van der Waals surface area contributed by atoms with Gasteiger partial charge in [0, 0.05) is 6.20 Å². The monoisotopic (exact) mass is 300 g/mol. The molecule has 1 aliphatic carbocycles. The molecule has 0 spiro atoms. The second kappa shape index (κ2) is 6.43. The van der Waals surface area contributed by atoms with E-state index in [1.165, 1.54) is 19.3 Å². The molecule has 1 aromatic rings. The molecule has 0 radical (unpaired) electrons. The molecule has 0 saturated heterocycles. The maximum absolute atomic E-state index is 6.30. The standard InChI is InChI=1S/C15H22Cl2N2/c1-9-4-5-11(6-10(9)2)14(18-3)15-13(17)7-12(16)8-19-15/h7-11,14,18H,4-6H2,1-3H3. The Bertz CT molecular complexity index is 436. The zero-order chi connectivity index (χ0) is 14.0. The van der Waals surface area contributed by atoms with Crippen LogP contribution in [0, 0.1) is 17.8 Å². The molecule has 1 N–H and O–H groups in total. The van der Waals surface area contributed by atoms with Gasteiger partial charge in [-0.3, -0.25) is 4.98 Å². The average Bonchev–Trinajstić information content (AvgIpc) is 2.37. The van der Waals surface area contributed by atoms with Crippen molar-refractivity contribution in [2.24, 2.45) is 17.8 Å². The number of nitrogens with one attached hydrogen (secondary N) is 1. The number of aromatic nitrogens is 1. The molecule has 4 unspecified atom stereocenters. The first kappa shape index (κ1) is 15.1. The minimum absolute atomic E-state index is 0.222. The van der Waals surface area contributed by atoms with Gasteiger partial charge in [-0.05, 0) is 43.7 Å². The SMILES string of the molecule is CNC(c1ncc(Cl)cc1Cl)C1CCC(C)C(C)C1. The fraction of sp³-hybridized carbons (Fsp3) is 0.667. The van der Waals surface area contributed by atoms with Crippen molar-refractivity contribution in [2.45, 2.75) is 39.2 Å². The highest BCUT2D eigenvalue weighted by Gasteiger charge is 2.31. The van der Waals surface area contributed by atoms with E-state index >= 15 is 0 Å². The number of halogens is 2. The lowest BCUT2D eigenvalue weighted by Crippen LogP contribution is -2.32. The van der Waals surface area contributed by atoms with Crippen molar-refractivity contribution in [2.75, 3.05) is 7.05 Å². The lowest BCUT2D eigenvalue weighted by Gasteiger charge is -2.36. The van der Waals surface area contributed by atoms with Gasteiger partial charge in [0.2, 0.25) is 0 Å². The van der Waals surface area contributed by atoms with Crippen molar-refractivity contribution in [1.82, 2.24) is 10.3 Å². The molecule has 1 heterocycles. The molecule has 0 bridgehead atoms. The van der Waals surface area contributed by atoms with Gasteiger partial charge in [0.1, 0.15) is 0 Å². The Kier molecular flexibility index (Phi) is 5.10. The smallest absolute Gasteiger partial charge is 0.0762 e. The third-order valence-electron chi connectivity index (χ3n) is 4.55. The summed E-state index contributed by atoms with van der Waals surface area (Å²) >= 11 is 12.2. The number of hydrogen-bond acceptors (Lipinski definition) is 2. The van der Waals surface area contributed by atoms with Crippen molar-refractivity contribution in [3.05, 3.63) is 28.0 Å². The van der Waals surface area contributed by atoms with E-state index < -0.39 is 0 Å². The summed E-state index contributed by atoms with van der Waals surface area (Å²) in [6.07, 6.45) is 5.43. The van der Waals surface area contributed by atoms with Crippen LogP contribution in [0.15, 0.2) is 12.3 Å². The van der Waals surface area contributed by atoms with Gasteiger partial charge in [-0.1, -0.05) is 43.5 Å². The largest absolute Gasteiger partial charge is 0.311 e. The molecule has 1 aromatic heterocycles. The number of hydrogen-bond donors (Lipinski definition) is 1. The molecule has 19 heavy (non-hydrogen) atoms. The van der Waals surface area contributed by atoms with Gasteiger partial charge in [0.15, 0.2) is 0 Å². The number of pyridine rings is 1. The van der Waals surface area contributed by atoms with Crippen LogP contribution >= 0.6 is 23.2 Å². The van der Waals surface area contributed by atoms with Gasteiger partial charge in [0.05, 0.1) is 21.8 Å². The highest BCUT2D eigenvalue weighted by molar-refractivity contribution is 6.34. The fourth-order valence-electron chi connectivity index (χ4n) is 3.14. The molecule has 4 heteroatoms. The topological polar surface area (TPSA) is 24.9 Å². The molecule has 1 fully saturated rings. The zero-order valence-electron chi connectivity index (χ0n) is 11.8. The van der Waals surface area contributed by atoms with Crippen molar-refractivity contribution < 1.29 is 0 Å². The normalized spacial score (nSPS) is 29.2. The van der Waals surface area contributed by atoms with Crippen LogP contribution in [-0.4, -0.2) is 12.0 Å². The second-order valence-corrected chi connectivity index (χ2v) is 6.66. The Morgan fingerprint density at radius 1 is 1.26 bits per heavy atom. The molecule has 0 aliphatic heterocycles. The third-order valence-corrected chi connectivity index (χ3v) is 5.06. The summed E-state index contributed by atoms with van der Waals surface area (Å²) in [4.78, 5) is 4.44. The minimum Gasteiger partial charge on any atom is -0.311 e. The van der Waals surface area contributed by atoms with Gasteiger partial charge in [-0.2, -0.15) is 0 Å². The molecule has 0 aromatic carbocycles. The minimum atomic E-state index is 0.222. The molecule has 2 nitrogen and oxygen atoms in total. The highest BCUT2D eigenvalue weighted by Crippen LogP contribution is 2.40. The first-order chi connectivity index (χ1) is 9.02. The Labute approximate surface area is 125 Å². The molecule has 1 saturated carbocycles. The summed E-state index contributed by atoms with van der Waals surface area (Å²) in [5.74, 6) is 2.19. The summed E-state index contributed by atoms with van der Waals surface area (Å²) in [5.41, 5.74) is 0.931. The Hall–Kier alpha value is -0.310. The van der Waals surface area contributed by atoms with Crippen LogP contribution in [0.5, 0.6) is 0 Å². The van der Waals surface area contributed by atoms with Crippen LogP contribution in [0.2, 0.25) is 10.0 Å². The van der Waals surface area contributed by atoms with Gasteiger partial charge in [-0.25, -0.2) is 0 Å². The predicted molar refractivity (Wildman–Crippen MR) is 81.7 cm³/mol. The van der Waals surface area contributed by atoms with Gasteiger partial charge >= 0.3 is 0 Å². The van der Waals surface area contributed by atoms with Crippen molar-refractivity contribution in [3.63, 3.8) is 0 Å². The highest BCUT2D eigenvalue weighted by atomic mass is 35.5. The maximum atomic E-state index is 6.30. The first-order valence-corrected chi connectivity index (χ1v) is 7.76. The van der Waals surface area contributed by atoms with E-state index in [-0.39, 0.29) is 6.04 Å². The Balaban J connectivity index is 2.20. The second-order valence-electron chi connectivity index (χ2n) is 5.81. The van der Waals surface area contributed by atoms with Crippen LogP contribution in [0.1, 0.15) is 44.8 Å². The molecular formula is C15H22Cl2N2. The first-order valence-electron chi connectivity index (χ1n) is 7.01. The maximum Gasteiger partial charge on any atom is 0.0762 e. The molecule has 1 aliphatic rings. The van der Waals surface area contributed by atoms with E-state index in [9.17, 15) is 0 Å². The van der Waals surface area contributed by atoms with Gasteiger partial charge < -0.3 is 5.32 Å². The van der Waals surface area contributed by atoms with Crippen LogP contribution in [0.25, 0.3) is 0 Å². The molecular weight excluding hydrogens is 279 g/mol.